The van der Waals surface area contributed by atoms with Gasteiger partial charge in [0.15, 0.2) is 0 Å². The number of pyridine rings is 1. The Hall–Kier alpha value is -1.78. The number of anilines is 2. The summed E-state index contributed by atoms with van der Waals surface area (Å²) in [6.45, 7) is 0. The number of amides is 1. The zero-order valence-corrected chi connectivity index (χ0v) is 10.7. The van der Waals surface area contributed by atoms with Gasteiger partial charge in [0.25, 0.3) is 5.91 Å². The average molecular weight is 282 g/mol. The molecule has 1 aromatic heterocycles. The van der Waals surface area contributed by atoms with Gasteiger partial charge in [-0.15, -0.1) is 0 Å². The second kappa shape index (κ2) is 5.25. The van der Waals surface area contributed by atoms with E-state index < -0.39 is 0 Å². The lowest BCUT2D eigenvalue weighted by atomic mass is 10.1. The van der Waals surface area contributed by atoms with Crippen molar-refractivity contribution in [1.29, 1.82) is 0 Å². The van der Waals surface area contributed by atoms with Gasteiger partial charge in [-0.1, -0.05) is 29.3 Å². The highest BCUT2D eigenvalue weighted by atomic mass is 35.5. The molecule has 1 amide bonds. The van der Waals surface area contributed by atoms with Crippen LogP contribution in [0.25, 0.3) is 0 Å². The van der Waals surface area contributed by atoms with Gasteiger partial charge < -0.3 is 11.1 Å². The highest BCUT2D eigenvalue weighted by Gasteiger charge is 2.12. The summed E-state index contributed by atoms with van der Waals surface area (Å²) in [5.41, 5.74) is 6.26. The third-order valence-electron chi connectivity index (χ3n) is 2.26. The van der Waals surface area contributed by atoms with Gasteiger partial charge in [-0.2, -0.15) is 0 Å². The molecule has 0 atom stereocenters. The Morgan fingerprint density at radius 3 is 2.78 bits per heavy atom. The van der Waals surface area contributed by atoms with Crippen LogP contribution in [0.5, 0.6) is 0 Å². The smallest absolute Gasteiger partial charge is 0.258 e. The molecule has 0 saturated heterocycles. The lowest BCUT2D eigenvalue weighted by Gasteiger charge is -2.07. The van der Waals surface area contributed by atoms with Crippen LogP contribution in [0.2, 0.25) is 10.0 Å². The summed E-state index contributed by atoms with van der Waals surface area (Å²) in [6.07, 6.45) is 1.50. The van der Waals surface area contributed by atoms with E-state index in [4.69, 9.17) is 28.9 Å². The zero-order chi connectivity index (χ0) is 13.1. The maximum atomic E-state index is 12.0. The number of rotatable bonds is 2. The van der Waals surface area contributed by atoms with E-state index in [9.17, 15) is 4.79 Å². The number of hydrogen-bond acceptors (Lipinski definition) is 3. The fourth-order valence-electron chi connectivity index (χ4n) is 1.39. The standard InChI is InChI=1S/C12H9Cl2N3O/c13-7-4-5-16-10(6-7)17-12(18)8-2-1-3-9(14)11(8)15/h1-6H,15H2,(H,16,17,18). The third-order valence-corrected chi connectivity index (χ3v) is 2.83. The molecule has 0 saturated carbocycles. The molecule has 6 heteroatoms. The van der Waals surface area contributed by atoms with Crippen molar-refractivity contribution in [3.8, 4) is 0 Å². The minimum atomic E-state index is -0.384. The molecule has 4 nitrogen and oxygen atoms in total. The third kappa shape index (κ3) is 2.72. The minimum Gasteiger partial charge on any atom is -0.397 e. The van der Waals surface area contributed by atoms with Gasteiger partial charge in [0.2, 0.25) is 0 Å². The van der Waals surface area contributed by atoms with Crippen LogP contribution < -0.4 is 11.1 Å². The highest BCUT2D eigenvalue weighted by molar-refractivity contribution is 6.34. The van der Waals surface area contributed by atoms with Gasteiger partial charge >= 0.3 is 0 Å². The van der Waals surface area contributed by atoms with Gasteiger partial charge in [-0.3, -0.25) is 4.79 Å². The first-order valence-electron chi connectivity index (χ1n) is 5.05. The van der Waals surface area contributed by atoms with Crippen LogP contribution in [0.1, 0.15) is 10.4 Å². The Labute approximate surface area is 114 Å². The van der Waals surface area contributed by atoms with E-state index >= 15 is 0 Å². The van der Waals surface area contributed by atoms with Crippen LogP contribution in [0.15, 0.2) is 36.5 Å². The van der Waals surface area contributed by atoms with E-state index in [1.54, 1.807) is 30.3 Å². The van der Waals surface area contributed by atoms with Gasteiger partial charge in [0.05, 0.1) is 16.3 Å². The summed E-state index contributed by atoms with van der Waals surface area (Å²) in [4.78, 5) is 15.9. The fourth-order valence-corrected chi connectivity index (χ4v) is 1.73. The van der Waals surface area contributed by atoms with Gasteiger partial charge in [0.1, 0.15) is 5.82 Å². The first-order valence-corrected chi connectivity index (χ1v) is 5.80. The summed E-state index contributed by atoms with van der Waals surface area (Å²) in [5, 5.41) is 3.41. The van der Waals surface area contributed by atoms with Crippen LogP contribution in [0.4, 0.5) is 11.5 Å². The van der Waals surface area contributed by atoms with Crippen molar-refractivity contribution < 1.29 is 4.79 Å². The second-order valence-corrected chi connectivity index (χ2v) is 4.36. The normalized spacial score (nSPS) is 10.1. The molecule has 0 aliphatic rings. The first kappa shape index (κ1) is 12.7. The Kier molecular flexibility index (Phi) is 3.69. The molecule has 0 fully saturated rings. The van der Waals surface area contributed by atoms with Gasteiger partial charge in [-0.05, 0) is 24.3 Å². The number of carbonyl (C=O) groups is 1. The molecule has 2 aromatic rings. The molecule has 0 aliphatic carbocycles. The van der Waals surface area contributed by atoms with E-state index in [1.807, 2.05) is 0 Å². The average Bonchev–Trinajstić information content (AvgIpc) is 2.32. The maximum absolute atomic E-state index is 12.0. The van der Waals surface area contributed by atoms with Crippen molar-refractivity contribution in [3.05, 3.63) is 52.1 Å². The van der Waals surface area contributed by atoms with E-state index in [0.29, 0.717) is 21.4 Å². The molecule has 92 valence electrons. The molecular formula is C12H9Cl2N3O. The number of benzene rings is 1. The first-order chi connectivity index (χ1) is 8.58. The van der Waals surface area contributed by atoms with Crippen molar-refractivity contribution in [1.82, 2.24) is 4.98 Å². The zero-order valence-electron chi connectivity index (χ0n) is 9.15. The molecule has 0 bridgehead atoms. The van der Waals surface area contributed by atoms with Crippen LogP contribution in [-0.4, -0.2) is 10.9 Å². The molecule has 0 unspecified atom stereocenters. The van der Waals surface area contributed by atoms with E-state index in [1.165, 1.54) is 6.20 Å². The Bertz CT molecular complexity index is 602. The van der Waals surface area contributed by atoms with Crippen LogP contribution in [0, 0.1) is 0 Å². The molecule has 1 heterocycles. The molecule has 1 aromatic carbocycles. The molecule has 0 spiro atoms. The Morgan fingerprint density at radius 2 is 2.06 bits per heavy atom. The van der Waals surface area contributed by atoms with Crippen LogP contribution in [-0.2, 0) is 0 Å². The number of carbonyl (C=O) groups excluding carboxylic acids is 1. The molecular weight excluding hydrogens is 273 g/mol. The number of nitrogens with two attached hydrogens (primary N) is 1. The van der Waals surface area contributed by atoms with Crippen molar-refractivity contribution in [2.75, 3.05) is 11.1 Å². The number of aromatic nitrogens is 1. The molecule has 0 radical (unpaired) electrons. The summed E-state index contributed by atoms with van der Waals surface area (Å²) in [5.74, 6) is -0.0309. The van der Waals surface area contributed by atoms with E-state index in [-0.39, 0.29) is 11.6 Å². The number of para-hydroxylation sites is 1. The number of nitrogen functional groups attached to an aromatic ring is 1. The predicted octanol–water partition coefficient (Wildman–Crippen LogP) is 3.22. The maximum Gasteiger partial charge on any atom is 0.258 e. The lowest BCUT2D eigenvalue weighted by molar-refractivity contribution is 0.102. The van der Waals surface area contributed by atoms with Gasteiger partial charge in [0, 0.05) is 11.2 Å². The monoisotopic (exact) mass is 281 g/mol. The summed E-state index contributed by atoms with van der Waals surface area (Å²) in [7, 11) is 0. The van der Waals surface area contributed by atoms with E-state index in [2.05, 4.69) is 10.3 Å². The number of halogens is 2. The van der Waals surface area contributed by atoms with Gasteiger partial charge in [-0.25, -0.2) is 4.98 Å². The predicted molar refractivity (Wildman–Crippen MR) is 73.1 cm³/mol. The second-order valence-electron chi connectivity index (χ2n) is 3.51. The Balaban J connectivity index is 2.25. The Morgan fingerprint density at radius 1 is 1.28 bits per heavy atom. The summed E-state index contributed by atoms with van der Waals surface area (Å²) >= 11 is 11.6. The molecule has 3 N–H and O–H groups in total. The quantitative estimate of drug-likeness (QED) is 0.831. The SMILES string of the molecule is Nc1c(Cl)cccc1C(=O)Nc1cc(Cl)ccn1. The minimum absolute atomic E-state index is 0.235. The number of nitrogens with zero attached hydrogens (tertiary/aromatic N) is 1. The van der Waals surface area contributed by atoms with Crippen LogP contribution >= 0.6 is 23.2 Å². The fraction of sp³-hybridized carbons (Fsp3) is 0. The number of hydrogen-bond donors (Lipinski definition) is 2. The summed E-state index contributed by atoms with van der Waals surface area (Å²) < 4.78 is 0. The van der Waals surface area contributed by atoms with Crippen molar-refractivity contribution in [2.24, 2.45) is 0 Å². The van der Waals surface area contributed by atoms with Crippen molar-refractivity contribution >= 4 is 40.6 Å². The highest BCUT2D eigenvalue weighted by Crippen LogP contribution is 2.23. The largest absolute Gasteiger partial charge is 0.397 e. The summed E-state index contributed by atoms with van der Waals surface area (Å²) in [6, 6.07) is 8.01. The van der Waals surface area contributed by atoms with Crippen molar-refractivity contribution in [3.63, 3.8) is 0 Å². The number of nitrogens with one attached hydrogen (secondary N) is 1. The van der Waals surface area contributed by atoms with Crippen molar-refractivity contribution in [2.45, 2.75) is 0 Å². The van der Waals surface area contributed by atoms with Crippen LogP contribution in [0.3, 0.4) is 0 Å². The molecule has 0 aliphatic heterocycles. The molecule has 2 rings (SSSR count). The lowest BCUT2D eigenvalue weighted by Crippen LogP contribution is -2.15. The molecule has 18 heavy (non-hydrogen) atoms. The van der Waals surface area contributed by atoms with E-state index in [0.717, 1.165) is 0 Å². The topological polar surface area (TPSA) is 68.0 Å².